The predicted molar refractivity (Wildman–Crippen MR) is 72.9 cm³/mol. The third-order valence-electron chi connectivity index (χ3n) is 2.71. The van der Waals surface area contributed by atoms with E-state index in [0.29, 0.717) is 19.0 Å². The molecule has 1 aromatic heterocycles. The first kappa shape index (κ1) is 13.5. The van der Waals surface area contributed by atoms with Crippen LogP contribution in [0.1, 0.15) is 37.9 Å². The van der Waals surface area contributed by atoms with E-state index in [1.165, 1.54) is 0 Å². The molecule has 0 bridgehead atoms. The second kappa shape index (κ2) is 6.27. The first-order chi connectivity index (χ1) is 8.12. The van der Waals surface area contributed by atoms with Crippen LogP contribution in [-0.2, 0) is 6.54 Å². The SMILES string of the molecule is C#CCN(CC)c1cc(CN)cc(C(C)C)n1. The molecule has 2 N–H and O–H groups in total. The fourth-order valence-electron chi connectivity index (χ4n) is 1.63. The Morgan fingerprint density at radius 3 is 2.65 bits per heavy atom. The molecule has 17 heavy (non-hydrogen) atoms. The summed E-state index contributed by atoms with van der Waals surface area (Å²) in [6.45, 7) is 8.29. The maximum Gasteiger partial charge on any atom is 0.129 e. The molecule has 3 nitrogen and oxygen atoms in total. The summed E-state index contributed by atoms with van der Waals surface area (Å²) in [6, 6.07) is 4.09. The normalized spacial score (nSPS) is 10.4. The molecule has 92 valence electrons. The van der Waals surface area contributed by atoms with Crippen LogP contribution in [-0.4, -0.2) is 18.1 Å². The van der Waals surface area contributed by atoms with Gasteiger partial charge in [0.1, 0.15) is 5.82 Å². The van der Waals surface area contributed by atoms with Gasteiger partial charge in [-0.05, 0) is 30.5 Å². The average molecular weight is 231 g/mol. The van der Waals surface area contributed by atoms with Crippen molar-refractivity contribution in [3.05, 3.63) is 23.4 Å². The molecular weight excluding hydrogens is 210 g/mol. The number of aromatic nitrogens is 1. The van der Waals surface area contributed by atoms with E-state index in [1.54, 1.807) is 0 Å². The van der Waals surface area contributed by atoms with Gasteiger partial charge in [-0.2, -0.15) is 0 Å². The van der Waals surface area contributed by atoms with Crippen molar-refractivity contribution in [1.29, 1.82) is 0 Å². The summed E-state index contributed by atoms with van der Waals surface area (Å²) in [7, 11) is 0. The highest BCUT2D eigenvalue weighted by molar-refractivity contribution is 5.44. The van der Waals surface area contributed by atoms with Crippen molar-refractivity contribution in [2.75, 3.05) is 18.0 Å². The van der Waals surface area contributed by atoms with Crippen LogP contribution in [0.15, 0.2) is 12.1 Å². The molecule has 0 aliphatic rings. The maximum atomic E-state index is 5.72. The molecule has 3 heteroatoms. The smallest absolute Gasteiger partial charge is 0.129 e. The van der Waals surface area contributed by atoms with Gasteiger partial charge in [-0.3, -0.25) is 0 Å². The zero-order valence-electron chi connectivity index (χ0n) is 10.9. The monoisotopic (exact) mass is 231 g/mol. The van der Waals surface area contributed by atoms with Gasteiger partial charge in [0.05, 0.1) is 6.54 Å². The molecule has 0 spiro atoms. The Kier molecular flexibility index (Phi) is 4.99. The maximum absolute atomic E-state index is 5.72. The molecule has 0 unspecified atom stereocenters. The van der Waals surface area contributed by atoms with Crippen molar-refractivity contribution in [3.63, 3.8) is 0 Å². The molecular formula is C14H21N3. The van der Waals surface area contributed by atoms with E-state index in [9.17, 15) is 0 Å². The molecule has 0 fully saturated rings. The van der Waals surface area contributed by atoms with E-state index in [-0.39, 0.29) is 0 Å². The Labute approximate surface area is 104 Å². The van der Waals surface area contributed by atoms with Gasteiger partial charge in [0, 0.05) is 18.8 Å². The van der Waals surface area contributed by atoms with E-state index in [2.05, 4.69) is 42.6 Å². The Bertz CT molecular complexity index is 404. The van der Waals surface area contributed by atoms with Gasteiger partial charge >= 0.3 is 0 Å². The molecule has 0 saturated heterocycles. The minimum atomic E-state index is 0.393. The molecule has 1 aromatic rings. The van der Waals surface area contributed by atoms with Crippen LogP contribution in [0.4, 0.5) is 5.82 Å². The number of anilines is 1. The number of hydrogen-bond acceptors (Lipinski definition) is 3. The number of nitrogens with zero attached hydrogens (tertiary/aromatic N) is 2. The van der Waals surface area contributed by atoms with Crippen molar-refractivity contribution in [3.8, 4) is 12.3 Å². The summed E-state index contributed by atoms with van der Waals surface area (Å²) in [5, 5.41) is 0. The number of terminal acetylenes is 1. The zero-order valence-corrected chi connectivity index (χ0v) is 10.9. The fourth-order valence-corrected chi connectivity index (χ4v) is 1.63. The zero-order chi connectivity index (χ0) is 12.8. The molecule has 0 atom stereocenters. The van der Waals surface area contributed by atoms with Crippen LogP contribution in [0.2, 0.25) is 0 Å². The highest BCUT2D eigenvalue weighted by Crippen LogP contribution is 2.19. The van der Waals surface area contributed by atoms with Gasteiger partial charge in [-0.15, -0.1) is 6.42 Å². The van der Waals surface area contributed by atoms with Crippen molar-refractivity contribution < 1.29 is 0 Å². The summed E-state index contributed by atoms with van der Waals surface area (Å²) in [5.41, 5.74) is 7.89. The third kappa shape index (κ3) is 3.47. The van der Waals surface area contributed by atoms with E-state index in [4.69, 9.17) is 12.2 Å². The van der Waals surface area contributed by atoms with Crippen molar-refractivity contribution in [2.45, 2.75) is 33.2 Å². The summed E-state index contributed by atoms with van der Waals surface area (Å²) >= 11 is 0. The molecule has 1 heterocycles. The van der Waals surface area contributed by atoms with Gasteiger partial charge in [0.15, 0.2) is 0 Å². The van der Waals surface area contributed by atoms with E-state index in [0.717, 1.165) is 23.6 Å². The fraction of sp³-hybridized carbons (Fsp3) is 0.500. The molecule has 0 aliphatic heterocycles. The van der Waals surface area contributed by atoms with Crippen LogP contribution in [0.5, 0.6) is 0 Å². The van der Waals surface area contributed by atoms with E-state index in [1.807, 2.05) is 6.07 Å². The van der Waals surface area contributed by atoms with Gasteiger partial charge < -0.3 is 10.6 Å². The molecule has 1 rings (SSSR count). The summed E-state index contributed by atoms with van der Waals surface area (Å²) in [4.78, 5) is 6.72. The lowest BCUT2D eigenvalue weighted by atomic mass is 10.1. The number of nitrogens with two attached hydrogens (primary N) is 1. The Balaban J connectivity index is 3.13. The minimum absolute atomic E-state index is 0.393. The molecule has 0 radical (unpaired) electrons. The van der Waals surface area contributed by atoms with Crippen molar-refractivity contribution >= 4 is 5.82 Å². The highest BCUT2D eigenvalue weighted by atomic mass is 15.2. The van der Waals surface area contributed by atoms with Crippen molar-refractivity contribution in [2.24, 2.45) is 5.73 Å². The first-order valence-electron chi connectivity index (χ1n) is 6.01. The predicted octanol–water partition coefficient (Wildman–Crippen LogP) is 2.12. The van der Waals surface area contributed by atoms with Gasteiger partial charge in [-0.25, -0.2) is 4.98 Å². The van der Waals surface area contributed by atoms with Gasteiger partial charge in [0.2, 0.25) is 0 Å². The molecule has 0 amide bonds. The van der Waals surface area contributed by atoms with Gasteiger partial charge in [0.25, 0.3) is 0 Å². The summed E-state index contributed by atoms with van der Waals surface area (Å²) in [5.74, 6) is 3.98. The second-order valence-corrected chi connectivity index (χ2v) is 4.34. The van der Waals surface area contributed by atoms with Crippen LogP contribution in [0, 0.1) is 12.3 Å². The first-order valence-corrected chi connectivity index (χ1v) is 6.01. The van der Waals surface area contributed by atoms with Crippen LogP contribution < -0.4 is 10.6 Å². The van der Waals surface area contributed by atoms with Crippen molar-refractivity contribution in [1.82, 2.24) is 4.98 Å². The standard InChI is InChI=1S/C14H21N3/c1-5-7-17(6-2)14-9-12(10-15)8-13(16-14)11(3)4/h1,8-9,11H,6-7,10,15H2,2-4H3. The number of hydrogen-bond donors (Lipinski definition) is 1. The van der Waals surface area contributed by atoms with Gasteiger partial charge in [-0.1, -0.05) is 19.8 Å². The topological polar surface area (TPSA) is 42.1 Å². The third-order valence-corrected chi connectivity index (χ3v) is 2.71. The Hall–Kier alpha value is -1.53. The Morgan fingerprint density at radius 2 is 2.18 bits per heavy atom. The lowest BCUT2D eigenvalue weighted by Crippen LogP contribution is -2.24. The van der Waals surface area contributed by atoms with Crippen LogP contribution in [0.25, 0.3) is 0 Å². The quantitative estimate of drug-likeness (QED) is 0.789. The average Bonchev–Trinajstić information content (AvgIpc) is 2.35. The number of pyridine rings is 1. The highest BCUT2D eigenvalue weighted by Gasteiger charge is 2.09. The Morgan fingerprint density at radius 1 is 1.47 bits per heavy atom. The minimum Gasteiger partial charge on any atom is -0.346 e. The molecule has 0 aromatic carbocycles. The van der Waals surface area contributed by atoms with Crippen LogP contribution >= 0.6 is 0 Å². The van der Waals surface area contributed by atoms with E-state index >= 15 is 0 Å². The molecule has 0 saturated carbocycles. The lowest BCUT2D eigenvalue weighted by molar-refractivity contribution is 0.798. The largest absolute Gasteiger partial charge is 0.346 e. The summed E-state index contributed by atoms with van der Waals surface area (Å²) in [6.07, 6.45) is 5.37. The molecule has 0 aliphatic carbocycles. The van der Waals surface area contributed by atoms with E-state index < -0.39 is 0 Å². The lowest BCUT2D eigenvalue weighted by Gasteiger charge is -2.21. The number of rotatable bonds is 5. The summed E-state index contributed by atoms with van der Waals surface area (Å²) < 4.78 is 0. The second-order valence-electron chi connectivity index (χ2n) is 4.34. The van der Waals surface area contributed by atoms with Crippen LogP contribution in [0.3, 0.4) is 0 Å².